The molecule has 130 valence electrons. The Morgan fingerprint density at radius 3 is 2.62 bits per heavy atom. The van der Waals surface area contributed by atoms with E-state index in [4.69, 9.17) is 14.2 Å². The van der Waals surface area contributed by atoms with Gasteiger partial charge in [-0.25, -0.2) is 4.98 Å². The number of aryl methyl sites for hydroxylation is 1. The molecule has 2 heterocycles. The minimum Gasteiger partial charge on any atom is -0.454 e. The van der Waals surface area contributed by atoms with Crippen molar-refractivity contribution in [2.45, 2.75) is 6.92 Å². The zero-order valence-corrected chi connectivity index (χ0v) is 14.1. The third-order valence-electron chi connectivity index (χ3n) is 3.87. The van der Waals surface area contributed by atoms with E-state index in [2.05, 4.69) is 10.3 Å². The monoisotopic (exact) mass is 348 g/mol. The molecule has 6 heteroatoms. The summed E-state index contributed by atoms with van der Waals surface area (Å²) < 4.78 is 16.2. The number of nitrogens with zero attached hydrogens (tertiary/aromatic N) is 1. The number of hydrogen-bond acceptors (Lipinski definition) is 5. The summed E-state index contributed by atoms with van der Waals surface area (Å²) in [6, 6.07) is 16.2. The quantitative estimate of drug-likeness (QED) is 0.766. The zero-order chi connectivity index (χ0) is 17.9. The average molecular weight is 348 g/mol. The van der Waals surface area contributed by atoms with Crippen LogP contribution in [0.4, 0.5) is 5.69 Å². The van der Waals surface area contributed by atoms with E-state index in [1.807, 2.05) is 31.2 Å². The summed E-state index contributed by atoms with van der Waals surface area (Å²) in [5.41, 5.74) is 2.21. The first kappa shape index (κ1) is 16.0. The Hall–Kier alpha value is -3.54. The SMILES string of the molecule is Cc1ccc(Oc2ccc(NC(=O)c3ccc4c(c3)OCO4)cn2)cc1. The van der Waals surface area contributed by atoms with E-state index in [1.54, 1.807) is 36.5 Å². The highest BCUT2D eigenvalue weighted by molar-refractivity contribution is 6.04. The number of ether oxygens (including phenoxy) is 3. The smallest absolute Gasteiger partial charge is 0.255 e. The normalized spacial score (nSPS) is 11.9. The molecule has 0 atom stereocenters. The van der Waals surface area contributed by atoms with Crippen molar-refractivity contribution in [2.24, 2.45) is 0 Å². The second kappa shape index (κ2) is 6.76. The van der Waals surface area contributed by atoms with E-state index in [1.165, 1.54) is 0 Å². The van der Waals surface area contributed by atoms with Crippen molar-refractivity contribution >= 4 is 11.6 Å². The summed E-state index contributed by atoms with van der Waals surface area (Å²) in [4.78, 5) is 16.6. The molecule has 0 bridgehead atoms. The van der Waals surface area contributed by atoms with Crippen LogP contribution >= 0.6 is 0 Å². The first-order valence-corrected chi connectivity index (χ1v) is 8.09. The fourth-order valence-electron chi connectivity index (χ4n) is 2.48. The van der Waals surface area contributed by atoms with Crippen molar-refractivity contribution in [1.82, 2.24) is 4.98 Å². The van der Waals surface area contributed by atoms with Crippen LogP contribution in [0.25, 0.3) is 0 Å². The molecule has 0 unspecified atom stereocenters. The molecule has 3 aromatic rings. The van der Waals surface area contributed by atoms with Gasteiger partial charge in [0.15, 0.2) is 11.5 Å². The van der Waals surface area contributed by atoms with Crippen molar-refractivity contribution in [3.8, 4) is 23.1 Å². The lowest BCUT2D eigenvalue weighted by molar-refractivity contribution is 0.102. The van der Waals surface area contributed by atoms with Crippen LogP contribution in [0, 0.1) is 6.92 Å². The van der Waals surface area contributed by atoms with E-state index in [-0.39, 0.29) is 12.7 Å². The Bertz CT molecular complexity index is 937. The van der Waals surface area contributed by atoms with Crippen LogP contribution in [0.5, 0.6) is 23.1 Å². The standard InChI is InChI=1S/C20H16N2O4/c1-13-2-6-16(7-3-13)26-19-9-5-15(11-21-19)22-20(23)14-4-8-17-18(10-14)25-12-24-17/h2-11H,12H2,1H3,(H,22,23). The molecule has 0 saturated carbocycles. The third kappa shape index (κ3) is 3.44. The van der Waals surface area contributed by atoms with E-state index >= 15 is 0 Å². The molecule has 0 saturated heterocycles. The zero-order valence-electron chi connectivity index (χ0n) is 14.1. The number of carbonyl (C=O) groups is 1. The minimum absolute atomic E-state index is 0.173. The molecule has 0 aliphatic carbocycles. The van der Waals surface area contributed by atoms with E-state index in [0.29, 0.717) is 34.4 Å². The maximum Gasteiger partial charge on any atom is 0.255 e. The summed E-state index contributed by atoms with van der Waals surface area (Å²) in [6.07, 6.45) is 1.55. The lowest BCUT2D eigenvalue weighted by atomic mass is 10.2. The Balaban J connectivity index is 1.42. The van der Waals surface area contributed by atoms with Crippen LogP contribution in [0.1, 0.15) is 15.9 Å². The van der Waals surface area contributed by atoms with Crippen molar-refractivity contribution in [3.63, 3.8) is 0 Å². The lowest BCUT2D eigenvalue weighted by Crippen LogP contribution is -2.11. The van der Waals surface area contributed by atoms with Gasteiger partial charge in [0.25, 0.3) is 5.91 Å². The Labute approximate surface area is 150 Å². The fourth-order valence-corrected chi connectivity index (χ4v) is 2.48. The maximum atomic E-state index is 12.4. The van der Waals surface area contributed by atoms with Gasteiger partial charge in [0, 0.05) is 11.6 Å². The molecule has 4 rings (SSSR count). The summed E-state index contributed by atoms with van der Waals surface area (Å²) >= 11 is 0. The van der Waals surface area contributed by atoms with Gasteiger partial charge in [-0.05, 0) is 43.3 Å². The number of carbonyl (C=O) groups excluding carboxylic acids is 1. The van der Waals surface area contributed by atoms with Crippen molar-refractivity contribution < 1.29 is 19.0 Å². The maximum absolute atomic E-state index is 12.4. The Kier molecular flexibility index (Phi) is 4.15. The van der Waals surface area contributed by atoms with Crippen LogP contribution in [-0.2, 0) is 0 Å². The molecule has 0 spiro atoms. The summed E-state index contributed by atoms with van der Waals surface area (Å²) in [5, 5.41) is 2.79. The van der Waals surface area contributed by atoms with Gasteiger partial charge in [0.05, 0.1) is 11.9 Å². The molecular formula is C20H16N2O4. The van der Waals surface area contributed by atoms with Crippen molar-refractivity contribution in [2.75, 3.05) is 12.1 Å². The Morgan fingerprint density at radius 2 is 1.85 bits per heavy atom. The van der Waals surface area contributed by atoms with Gasteiger partial charge in [0.1, 0.15) is 5.75 Å². The van der Waals surface area contributed by atoms with Gasteiger partial charge in [-0.3, -0.25) is 4.79 Å². The van der Waals surface area contributed by atoms with Gasteiger partial charge in [-0.15, -0.1) is 0 Å². The second-order valence-corrected chi connectivity index (χ2v) is 5.82. The molecule has 26 heavy (non-hydrogen) atoms. The number of hydrogen-bond donors (Lipinski definition) is 1. The largest absolute Gasteiger partial charge is 0.454 e. The van der Waals surface area contributed by atoms with Crippen LogP contribution < -0.4 is 19.5 Å². The molecule has 1 N–H and O–H groups in total. The van der Waals surface area contributed by atoms with E-state index in [0.717, 1.165) is 5.56 Å². The first-order chi connectivity index (χ1) is 12.7. The summed E-state index contributed by atoms with van der Waals surface area (Å²) in [6.45, 7) is 2.19. The molecular weight excluding hydrogens is 332 g/mol. The van der Waals surface area contributed by atoms with Crippen LogP contribution in [0.15, 0.2) is 60.8 Å². The van der Waals surface area contributed by atoms with Gasteiger partial charge in [0.2, 0.25) is 12.7 Å². The molecule has 6 nitrogen and oxygen atoms in total. The molecule has 1 aliphatic heterocycles. The number of rotatable bonds is 4. The number of nitrogens with one attached hydrogen (secondary N) is 1. The van der Waals surface area contributed by atoms with Crippen LogP contribution in [0.2, 0.25) is 0 Å². The average Bonchev–Trinajstić information content (AvgIpc) is 3.13. The number of fused-ring (bicyclic) bond motifs is 1. The van der Waals surface area contributed by atoms with Gasteiger partial charge in [-0.1, -0.05) is 17.7 Å². The van der Waals surface area contributed by atoms with Crippen molar-refractivity contribution in [1.29, 1.82) is 0 Å². The number of benzene rings is 2. The number of pyridine rings is 1. The van der Waals surface area contributed by atoms with Crippen LogP contribution in [0.3, 0.4) is 0 Å². The van der Waals surface area contributed by atoms with E-state index in [9.17, 15) is 4.79 Å². The molecule has 0 fully saturated rings. The molecule has 1 amide bonds. The highest BCUT2D eigenvalue weighted by Gasteiger charge is 2.16. The second-order valence-electron chi connectivity index (χ2n) is 5.82. The predicted molar refractivity (Wildman–Crippen MR) is 96.0 cm³/mol. The van der Waals surface area contributed by atoms with Crippen molar-refractivity contribution in [3.05, 3.63) is 71.9 Å². The Morgan fingerprint density at radius 1 is 1.04 bits per heavy atom. The summed E-state index contributed by atoms with van der Waals surface area (Å²) in [7, 11) is 0. The highest BCUT2D eigenvalue weighted by Crippen LogP contribution is 2.32. The summed E-state index contributed by atoms with van der Waals surface area (Å²) in [5.74, 6) is 2.12. The third-order valence-corrected chi connectivity index (χ3v) is 3.87. The van der Waals surface area contributed by atoms with Crippen LogP contribution in [-0.4, -0.2) is 17.7 Å². The highest BCUT2D eigenvalue weighted by atomic mass is 16.7. The van der Waals surface area contributed by atoms with E-state index < -0.39 is 0 Å². The lowest BCUT2D eigenvalue weighted by Gasteiger charge is -2.08. The van der Waals surface area contributed by atoms with Gasteiger partial charge >= 0.3 is 0 Å². The van der Waals surface area contributed by atoms with Gasteiger partial charge < -0.3 is 19.5 Å². The first-order valence-electron chi connectivity index (χ1n) is 8.09. The topological polar surface area (TPSA) is 69.7 Å². The molecule has 0 radical (unpaired) electrons. The molecule has 1 aliphatic rings. The fraction of sp³-hybridized carbons (Fsp3) is 0.100. The minimum atomic E-state index is -0.252. The van der Waals surface area contributed by atoms with Gasteiger partial charge in [-0.2, -0.15) is 0 Å². The molecule has 2 aromatic carbocycles. The predicted octanol–water partition coefficient (Wildman–Crippen LogP) is 4.16. The number of anilines is 1. The number of amides is 1. The number of aromatic nitrogens is 1. The molecule has 1 aromatic heterocycles.